The van der Waals surface area contributed by atoms with E-state index in [1.807, 2.05) is 27.7 Å². The Balaban J connectivity index is -0.0000000785. The van der Waals surface area contributed by atoms with Crippen molar-refractivity contribution in [2.75, 3.05) is 89.6 Å². The van der Waals surface area contributed by atoms with Crippen molar-refractivity contribution in [2.24, 2.45) is 0 Å². The number of amides is 5. The first-order valence-corrected chi connectivity index (χ1v) is 12.1. The lowest BCUT2D eigenvalue weighted by molar-refractivity contribution is -0.128. The predicted octanol–water partition coefficient (Wildman–Crippen LogP) is 3.28. The highest BCUT2D eigenvalue weighted by Gasteiger charge is 2.06. The number of carbonyl (C=O) groups excluding carboxylic acids is 4. The fourth-order valence-electron chi connectivity index (χ4n) is 1.24. The van der Waals surface area contributed by atoms with Gasteiger partial charge in [0.2, 0.25) is 17.7 Å². The molecule has 220 valence electrons. The van der Waals surface area contributed by atoms with Gasteiger partial charge in [0.1, 0.15) is 0 Å². The van der Waals surface area contributed by atoms with Gasteiger partial charge in [-0.15, -0.1) is 0 Å². The van der Waals surface area contributed by atoms with E-state index >= 15 is 0 Å². The van der Waals surface area contributed by atoms with Crippen LogP contribution in [0.2, 0.25) is 0 Å². The second-order valence-corrected chi connectivity index (χ2v) is 8.30. The van der Waals surface area contributed by atoms with Crippen LogP contribution in [0.5, 0.6) is 0 Å². The summed E-state index contributed by atoms with van der Waals surface area (Å²) in [7, 11) is 16.5. The molecule has 10 nitrogen and oxygen atoms in total. The summed E-state index contributed by atoms with van der Waals surface area (Å²) in [4.78, 5) is 52.2. The summed E-state index contributed by atoms with van der Waals surface area (Å²) in [6.07, 6.45) is 0.604. The van der Waals surface area contributed by atoms with Crippen LogP contribution in [0.1, 0.15) is 62.3 Å². The summed E-state index contributed by atoms with van der Waals surface area (Å²) in [6, 6.07) is 0.0532. The molecule has 0 unspecified atom stereocenters. The predicted molar refractivity (Wildman–Crippen MR) is 155 cm³/mol. The fraction of sp³-hybridized carbons (Fsp3) is 0.846. The summed E-state index contributed by atoms with van der Waals surface area (Å²) in [6.45, 7) is 16.4. The SMILES string of the molecule is C.CCC(=O)N(C)C.CCN(C)C.CCN(C)C(=O)N(C)C.CCN(C)C(C)=O.CCN(C)C(C)=O. The van der Waals surface area contributed by atoms with E-state index in [1.165, 1.54) is 0 Å². The van der Waals surface area contributed by atoms with Gasteiger partial charge in [0, 0.05) is 89.2 Å². The maximum absolute atomic E-state index is 10.9. The molecule has 0 aliphatic rings. The van der Waals surface area contributed by atoms with Crippen LogP contribution in [-0.2, 0) is 14.4 Å². The van der Waals surface area contributed by atoms with E-state index in [1.54, 1.807) is 87.7 Å². The zero-order chi connectivity index (χ0) is 29.3. The third-order valence-electron chi connectivity index (χ3n) is 4.64. The molecular formula is C26H62N6O4. The van der Waals surface area contributed by atoms with Crippen LogP contribution < -0.4 is 0 Å². The minimum absolute atomic E-state index is 0. The Kier molecular flexibility index (Phi) is 40.0. The molecule has 0 fully saturated rings. The summed E-state index contributed by atoms with van der Waals surface area (Å²) >= 11 is 0. The molecule has 0 aromatic heterocycles. The Labute approximate surface area is 224 Å². The largest absolute Gasteiger partial charge is 0.349 e. The number of nitrogens with zero attached hydrogens (tertiary/aromatic N) is 6. The molecule has 0 heterocycles. The standard InChI is InChI=1S/C6H14N2O.3C5H11NO.C4H11N.CH4/c1-5-8(4)6(9)7(2)3;1-4-5(7)6(2)3;2*1-4-6(3)5(2)7;1-4-5(2)3;/h5H2,1-4H3;3*4H2,1-3H3;4H2,1-3H3;1H4. The fourth-order valence-corrected chi connectivity index (χ4v) is 1.24. The Morgan fingerprint density at radius 1 is 0.500 bits per heavy atom. The molecule has 0 aliphatic carbocycles. The minimum atomic E-state index is 0. The third kappa shape index (κ3) is 38.9. The van der Waals surface area contributed by atoms with Gasteiger partial charge in [-0.1, -0.05) is 21.3 Å². The monoisotopic (exact) mass is 522 g/mol. The molecule has 0 rings (SSSR count). The third-order valence-corrected chi connectivity index (χ3v) is 4.64. The highest BCUT2D eigenvalue weighted by atomic mass is 16.2. The minimum Gasteiger partial charge on any atom is -0.349 e. The molecule has 36 heavy (non-hydrogen) atoms. The van der Waals surface area contributed by atoms with Crippen molar-refractivity contribution in [3.63, 3.8) is 0 Å². The lowest BCUT2D eigenvalue weighted by atomic mass is 10.4. The van der Waals surface area contributed by atoms with Gasteiger partial charge >= 0.3 is 6.03 Å². The van der Waals surface area contributed by atoms with Crippen LogP contribution in [0.4, 0.5) is 4.79 Å². The maximum Gasteiger partial charge on any atom is 0.319 e. The van der Waals surface area contributed by atoms with Crippen molar-refractivity contribution in [3.05, 3.63) is 0 Å². The van der Waals surface area contributed by atoms with Crippen LogP contribution in [0, 0.1) is 0 Å². The smallest absolute Gasteiger partial charge is 0.319 e. The molecule has 0 radical (unpaired) electrons. The van der Waals surface area contributed by atoms with Crippen molar-refractivity contribution < 1.29 is 19.2 Å². The first-order chi connectivity index (χ1) is 15.9. The van der Waals surface area contributed by atoms with Crippen LogP contribution in [0.15, 0.2) is 0 Å². The van der Waals surface area contributed by atoms with Crippen LogP contribution in [-0.4, -0.2) is 143 Å². The first kappa shape index (κ1) is 46.9. The second-order valence-electron chi connectivity index (χ2n) is 8.30. The molecule has 0 atom stereocenters. The summed E-state index contributed by atoms with van der Waals surface area (Å²) < 4.78 is 0. The number of rotatable bonds is 5. The molecule has 0 saturated carbocycles. The number of urea groups is 1. The maximum atomic E-state index is 10.9. The quantitative estimate of drug-likeness (QED) is 0.553. The Bertz CT molecular complexity index is 521. The molecule has 0 aromatic carbocycles. The lowest BCUT2D eigenvalue weighted by Crippen LogP contribution is -2.35. The molecule has 0 spiro atoms. The molecule has 10 heteroatoms. The molecule has 5 amide bonds. The van der Waals surface area contributed by atoms with Crippen LogP contribution in [0.3, 0.4) is 0 Å². The molecule has 0 aliphatic heterocycles. The number of hydrogen-bond acceptors (Lipinski definition) is 5. The number of carbonyl (C=O) groups is 4. The van der Waals surface area contributed by atoms with Gasteiger partial charge < -0.3 is 29.4 Å². The average Bonchev–Trinajstić information content (AvgIpc) is 2.82. The Hall–Kier alpha value is -2.36. The Morgan fingerprint density at radius 2 is 0.778 bits per heavy atom. The Morgan fingerprint density at radius 3 is 0.806 bits per heavy atom. The van der Waals surface area contributed by atoms with E-state index in [9.17, 15) is 19.2 Å². The van der Waals surface area contributed by atoms with Crippen molar-refractivity contribution in [1.82, 2.24) is 29.4 Å². The average molecular weight is 523 g/mol. The van der Waals surface area contributed by atoms with Gasteiger partial charge in [0.05, 0.1) is 0 Å². The van der Waals surface area contributed by atoms with Gasteiger partial charge in [0.15, 0.2) is 0 Å². The van der Waals surface area contributed by atoms with Crippen molar-refractivity contribution in [3.8, 4) is 0 Å². The lowest BCUT2D eigenvalue weighted by Gasteiger charge is -2.19. The van der Waals surface area contributed by atoms with Crippen molar-refractivity contribution in [2.45, 2.75) is 62.3 Å². The van der Waals surface area contributed by atoms with Gasteiger partial charge in [-0.25, -0.2) is 4.79 Å². The van der Waals surface area contributed by atoms with Gasteiger partial charge in [-0.2, -0.15) is 0 Å². The van der Waals surface area contributed by atoms with E-state index in [-0.39, 0.29) is 31.2 Å². The molecule has 0 bridgehead atoms. The first-order valence-electron chi connectivity index (χ1n) is 12.1. The molecular weight excluding hydrogens is 460 g/mol. The molecule has 0 N–H and O–H groups in total. The molecule has 0 aromatic rings. The van der Waals surface area contributed by atoms with Crippen molar-refractivity contribution >= 4 is 23.8 Å². The summed E-state index contributed by atoms with van der Waals surface area (Å²) in [5, 5.41) is 0. The van der Waals surface area contributed by atoms with E-state index in [0.29, 0.717) is 6.42 Å². The van der Waals surface area contributed by atoms with Gasteiger partial charge in [-0.3, -0.25) is 14.4 Å². The zero-order valence-electron chi connectivity index (χ0n) is 25.9. The normalized spacial score (nSPS) is 8.47. The summed E-state index contributed by atoms with van der Waals surface area (Å²) in [5.74, 6) is 0.435. The molecule has 0 saturated heterocycles. The second kappa shape index (κ2) is 30.7. The van der Waals surface area contributed by atoms with Crippen molar-refractivity contribution in [1.29, 1.82) is 0 Å². The van der Waals surface area contributed by atoms with E-state index in [4.69, 9.17) is 0 Å². The van der Waals surface area contributed by atoms with Crippen LogP contribution >= 0.6 is 0 Å². The topological polar surface area (TPSA) is 87.7 Å². The highest BCUT2D eigenvalue weighted by molar-refractivity contribution is 5.75. The van der Waals surface area contributed by atoms with E-state index < -0.39 is 0 Å². The van der Waals surface area contributed by atoms with Gasteiger partial charge in [0.25, 0.3) is 0 Å². The highest BCUT2D eigenvalue weighted by Crippen LogP contribution is 1.88. The van der Waals surface area contributed by atoms with E-state index in [2.05, 4.69) is 25.9 Å². The van der Waals surface area contributed by atoms with Gasteiger partial charge in [-0.05, 0) is 41.4 Å². The van der Waals surface area contributed by atoms with E-state index in [0.717, 1.165) is 26.2 Å². The zero-order valence-corrected chi connectivity index (χ0v) is 25.9. The number of hydrogen-bond donors (Lipinski definition) is 0. The summed E-state index contributed by atoms with van der Waals surface area (Å²) in [5.41, 5.74) is 0. The van der Waals surface area contributed by atoms with Crippen LogP contribution in [0.25, 0.3) is 0 Å².